The number of rotatable bonds is 3. The van der Waals surface area contributed by atoms with Crippen LogP contribution in [-0.4, -0.2) is 25.2 Å². The fraction of sp³-hybridized carbons (Fsp3) is 0.818. The SMILES string of the molecule is COC(=O)C(C)NC1CCCCC1C#N. The Morgan fingerprint density at radius 3 is 2.80 bits per heavy atom. The highest BCUT2D eigenvalue weighted by Crippen LogP contribution is 2.24. The molecule has 1 aliphatic rings. The molecule has 0 saturated heterocycles. The number of ether oxygens (including phenoxy) is 1. The molecule has 1 aliphatic carbocycles. The number of nitrogens with one attached hydrogen (secondary N) is 1. The molecule has 84 valence electrons. The van der Waals surface area contributed by atoms with Crippen molar-refractivity contribution < 1.29 is 9.53 Å². The molecule has 3 unspecified atom stereocenters. The second-order valence-corrected chi connectivity index (χ2v) is 4.04. The van der Waals surface area contributed by atoms with Crippen molar-refractivity contribution in [2.45, 2.75) is 44.7 Å². The topological polar surface area (TPSA) is 62.1 Å². The van der Waals surface area contributed by atoms with Crippen LogP contribution in [0.4, 0.5) is 0 Å². The van der Waals surface area contributed by atoms with Crippen LogP contribution in [0.1, 0.15) is 32.6 Å². The highest BCUT2D eigenvalue weighted by Gasteiger charge is 2.27. The van der Waals surface area contributed by atoms with Crippen LogP contribution < -0.4 is 5.32 Å². The van der Waals surface area contributed by atoms with Crippen LogP contribution in [0, 0.1) is 17.2 Å². The van der Waals surface area contributed by atoms with Gasteiger partial charge in [0, 0.05) is 6.04 Å². The Balaban J connectivity index is 2.48. The van der Waals surface area contributed by atoms with Crippen molar-refractivity contribution in [1.29, 1.82) is 5.26 Å². The maximum absolute atomic E-state index is 11.2. The van der Waals surface area contributed by atoms with Gasteiger partial charge in [-0.3, -0.25) is 4.79 Å². The predicted octanol–water partition coefficient (Wildman–Crippen LogP) is 1.22. The van der Waals surface area contributed by atoms with Gasteiger partial charge in [-0.1, -0.05) is 12.8 Å². The third kappa shape index (κ3) is 3.21. The Bertz CT molecular complexity index is 260. The Labute approximate surface area is 90.6 Å². The van der Waals surface area contributed by atoms with E-state index < -0.39 is 0 Å². The summed E-state index contributed by atoms with van der Waals surface area (Å²) < 4.78 is 4.64. The van der Waals surface area contributed by atoms with Crippen LogP contribution in [0.3, 0.4) is 0 Å². The van der Waals surface area contributed by atoms with Crippen molar-refractivity contribution in [1.82, 2.24) is 5.32 Å². The molecule has 0 spiro atoms. The van der Waals surface area contributed by atoms with Gasteiger partial charge >= 0.3 is 5.97 Å². The first kappa shape index (κ1) is 12.0. The molecule has 3 atom stereocenters. The number of carbonyl (C=O) groups is 1. The molecule has 1 N–H and O–H groups in total. The Hall–Kier alpha value is -1.08. The van der Waals surface area contributed by atoms with Crippen LogP contribution in [0.5, 0.6) is 0 Å². The van der Waals surface area contributed by atoms with E-state index in [-0.39, 0.29) is 24.0 Å². The molecule has 1 saturated carbocycles. The van der Waals surface area contributed by atoms with Crippen molar-refractivity contribution in [3.63, 3.8) is 0 Å². The van der Waals surface area contributed by atoms with Crippen molar-refractivity contribution >= 4 is 5.97 Å². The van der Waals surface area contributed by atoms with E-state index >= 15 is 0 Å². The lowest BCUT2D eigenvalue weighted by Gasteiger charge is -2.29. The lowest BCUT2D eigenvalue weighted by atomic mass is 9.85. The van der Waals surface area contributed by atoms with Gasteiger partial charge in [-0.15, -0.1) is 0 Å². The summed E-state index contributed by atoms with van der Waals surface area (Å²) in [6.45, 7) is 1.77. The first-order chi connectivity index (χ1) is 7.19. The minimum absolute atomic E-state index is 0.0332. The molecule has 1 rings (SSSR count). The van der Waals surface area contributed by atoms with Gasteiger partial charge in [0.05, 0.1) is 19.1 Å². The number of nitrogens with zero attached hydrogens (tertiary/aromatic N) is 1. The number of methoxy groups -OCH3 is 1. The second kappa shape index (κ2) is 5.72. The minimum atomic E-state index is -0.325. The van der Waals surface area contributed by atoms with Gasteiger partial charge in [-0.2, -0.15) is 5.26 Å². The highest BCUT2D eigenvalue weighted by molar-refractivity contribution is 5.75. The van der Waals surface area contributed by atoms with Crippen molar-refractivity contribution in [2.24, 2.45) is 5.92 Å². The Morgan fingerprint density at radius 2 is 2.20 bits per heavy atom. The van der Waals surface area contributed by atoms with E-state index in [0.29, 0.717) is 0 Å². The molecule has 15 heavy (non-hydrogen) atoms. The number of carbonyl (C=O) groups excluding carboxylic acids is 1. The van der Waals surface area contributed by atoms with Crippen molar-refractivity contribution in [2.75, 3.05) is 7.11 Å². The van der Waals surface area contributed by atoms with Crippen LogP contribution >= 0.6 is 0 Å². The van der Waals surface area contributed by atoms with Gasteiger partial charge in [-0.25, -0.2) is 0 Å². The zero-order chi connectivity index (χ0) is 11.3. The van der Waals surface area contributed by atoms with Crippen LogP contribution in [-0.2, 0) is 9.53 Å². The highest BCUT2D eigenvalue weighted by atomic mass is 16.5. The molecule has 0 heterocycles. The molecule has 1 fully saturated rings. The normalized spacial score (nSPS) is 27.8. The molecule has 0 amide bonds. The summed E-state index contributed by atoms with van der Waals surface area (Å²) in [5, 5.41) is 12.1. The maximum atomic E-state index is 11.2. The Kier molecular flexibility index (Phi) is 4.57. The van der Waals surface area contributed by atoms with E-state index in [1.54, 1.807) is 6.92 Å². The Morgan fingerprint density at radius 1 is 1.53 bits per heavy atom. The summed E-state index contributed by atoms with van der Waals surface area (Å²) in [6, 6.07) is 2.11. The zero-order valence-corrected chi connectivity index (χ0v) is 9.32. The lowest BCUT2D eigenvalue weighted by Crippen LogP contribution is -2.46. The zero-order valence-electron chi connectivity index (χ0n) is 9.32. The second-order valence-electron chi connectivity index (χ2n) is 4.04. The third-order valence-electron chi connectivity index (χ3n) is 2.95. The molecule has 0 radical (unpaired) electrons. The summed E-state index contributed by atoms with van der Waals surface area (Å²) in [7, 11) is 1.38. The number of esters is 1. The van der Waals surface area contributed by atoms with Crippen molar-refractivity contribution in [3.05, 3.63) is 0 Å². The number of hydrogen-bond acceptors (Lipinski definition) is 4. The van der Waals surface area contributed by atoms with Gasteiger partial charge in [0.1, 0.15) is 6.04 Å². The summed E-state index contributed by atoms with van der Waals surface area (Å²) in [4.78, 5) is 11.2. The largest absolute Gasteiger partial charge is 0.468 e. The average Bonchev–Trinajstić information content (AvgIpc) is 2.28. The standard InChI is InChI=1S/C11H18N2O2/c1-8(11(14)15-2)13-10-6-4-3-5-9(10)7-12/h8-10,13H,3-6H2,1-2H3. The fourth-order valence-electron chi connectivity index (χ4n) is 2.05. The van der Waals surface area contributed by atoms with Gasteiger partial charge in [0.2, 0.25) is 0 Å². The molecule has 0 aliphatic heterocycles. The van der Waals surface area contributed by atoms with E-state index in [0.717, 1.165) is 25.7 Å². The smallest absolute Gasteiger partial charge is 0.322 e. The molecule has 0 aromatic rings. The molecule has 4 nitrogen and oxygen atoms in total. The maximum Gasteiger partial charge on any atom is 0.322 e. The fourth-order valence-corrected chi connectivity index (χ4v) is 2.05. The molecular weight excluding hydrogens is 192 g/mol. The molecule has 0 aromatic heterocycles. The molecule has 0 bridgehead atoms. The minimum Gasteiger partial charge on any atom is -0.468 e. The quantitative estimate of drug-likeness (QED) is 0.711. The first-order valence-electron chi connectivity index (χ1n) is 5.42. The summed E-state index contributed by atoms with van der Waals surface area (Å²) >= 11 is 0. The summed E-state index contributed by atoms with van der Waals surface area (Å²) in [5.74, 6) is -0.233. The number of nitriles is 1. The lowest BCUT2D eigenvalue weighted by molar-refractivity contribution is -0.143. The van der Waals surface area contributed by atoms with E-state index in [1.165, 1.54) is 7.11 Å². The first-order valence-corrected chi connectivity index (χ1v) is 5.42. The van der Waals surface area contributed by atoms with E-state index in [4.69, 9.17) is 5.26 Å². The van der Waals surface area contributed by atoms with Gasteiger partial charge < -0.3 is 10.1 Å². The molecule has 4 heteroatoms. The summed E-state index contributed by atoms with van der Waals surface area (Å²) in [6.07, 6.45) is 4.15. The van der Waals surface area contributed by atoms with Crippen LogP contribution in [0.25, 0.3) is 0 Å². The van der Waals surface area contributed by atoms with Gasteiger partial charge in [-0.05, 0) is 19.8 Å². The van der Waals surface area contributed by atoms with E-state index in [1.807, 2.05) is 0 Å². The van der Waals surface area contributed by atoms with E-state index in [2.05, 4.69) is 16.1 Å². The molecular formula is C11H18N2O2. The monoisotopic (exact) mass is 210 g/mol. The number of hydrogen-bond donors (Lipinski definition) is 1. The van der Waals surface area contributed by atoms with Gasteiger partial charge in [0.25, 0.3) is 0 Å². The molecule has 0 aromatic carbocycles. The van der Waals surface area contributed by atoms with Crippen LogP contribution in [0.2, 0.25) is 0 Å². The van der Waals surface area contributed by atoms with Crippen LogP contribution in [0.15, 0.2) is 0 Å². The summed E-state index contributed by atoms with van der Waals surface area (Å²) in [5.41, 5.74) is 0. The third-order valence-corrected chi connectivity index (χ3v) is 2.95. The van der Waals surface area contributed by atoms with Crippen molar-refractivity contribution in [3.8, 4) is 6.07 Å². The van der Waals surface area contributed by atoms with E-state index in [9.17, 15) is 4.79 Å². The average molecular weight is 210 g/mol. The predicted molar refractivity (Wildman–Crippen MR) is 56.0 cm³/mol. The van der Waals surface area contributed by atoms with Gasteiger partial charge in [0.15, 0.2) is 0 Å².